The van der Waals surface area contributed by atoms with Crippen LogP contribution in [0, 0.1) is 25.5 Å². The van der Waals surface area contributed by atoms with Gasteiger partial charge in [-0.3, -0.25) is 4.79 Å². The van der Waals surface area contributed by atoms with Gasteiger partial charge in [0, 0.05) is 5.69 Å². The second-order valence-corrected chi connectivity index (χ2v) is 6.93. The third-order valence-corrected chi connectivity index (χ3v) is 4.85. The number of halogens is 2. The summed E-state index contributed by atoms with van der Waals surface area (Å²) in [5.74, 6) is -3.10. The van der Waals surface area contributed by atoms with Gasteiger partial charge in [-0.25, -0.2) is 21.9 Å². The Morgan fingerprint density at radius 1 is 1.04 bits per heavy atom. The van der Waals surface area contributed by atoms with E-state index < -0.39 is 39.0 Å². The minimum atomic E-state index is -4.48. The van der Waals surface area contributed by atoms with Gasteiger partial charge in [-0.05, 0) is 49.2 Å². The van der Waals surface area contributed by atoms with E-state index in [9.17, 15) is 22.0 Å². The molecule has 0 aromatic heterocycles. The lowest BCUT2D eigenvalue weighted by Crippen LogP contribution is -2.33. The van der Waals surface area contributed by atoms with Crippen LogP contribution >= 0.6 is 0 Å². The van der Waals surface area contributed by atoms with E-state index in [1.165, 1.54) is 0 Å². The number of hydrogen-bond donors (Lipinski definition) is 2. The Balaban J connectivity index is 2.06. The molecule has 0 spiro atoms. The molecule has 2 aromatic rings. The highest BCUT2D eigenvalue weighted by molar-refractivity contribution is 7.89. The van der Waals surface area contributed by atoms with Crippen molar-refractivity contribution in [2.24, 2.45) is 0 Å². The van der Waals surface area contributed by atoms with Crippen molar-refractivity contribution < 1.29 is 22.0 Å². The third-order valence-electron chi connectivity index (χ3n) is 3.40. The number of rotatable bonds is 5. The minimum absolute atomic E-state index is 0.499. The highest BCUT2D eigenvalue weighted by Crippen LogP contribution is 2.18. The lowest BCUT2D eigenvalue weighted by Gasteiger charge is -2.10. The maximum absolute atomic E-state index is 13.5. The summed E-state index contributed by atoms with van der Waals surface area (Å²) in [6.45, 7) is 3.13. The molecule has 1 amide bonds. The van der Waals surface area contributed by atoms with Crippen molar-refractivity contribution in [1.29, 1.82) is 0 Å². The predicted molar refractivity (Wildman–Crippen MR) is 86.1 cm³/mol. The molecular weight excluding hydrogens is 338 g/mol. The van der Waals surface area contributed by atoms with Crippen LogP contribution in [0.1, 0.15) is 11.1 Å². The summed E-state index contributed by atoms with van der Waals surface area (Å²) < 4.78 is 52.9. The number of anilines is 1. The maximum Gasteiger partial charge on any atom is 0.246 e. The van der Waals surface area contributed by atoms with Crippen LogP contribution in [-0.4, -0.2) is 20.9 Å². The van der Waals surface area contributed by atoms with Gasteiger partial charge < -0.3 is 5.32 Å². The fraction of sp³-hybridized carbons (Fsp3) is 0.188. The molecule has 0 atom stereocenters. The summed E-state index contributed by atoms with van der Waals surface area (Å²) in [6.07, 6.45) is 0. The van der Waals surface area contributed by atoms with E-state index >= 15 is 0 Å². The van der Waals surface area contributed by atoms with Crippen LogP contribution in [0.25, 0.3) is 0 Å². The average Bonchev–Trinajstić information content (AvgIpc) is 2.49. The summed E-state index contributed by atoms with van der Waals surface area (Å²) in [7, 11) is -4.48. The summed E-state index contributed by atoms with van der Waals surface area (Å²) in [4.78, 5) is 10.7. The van der Waals surface area contributed by atoms with Crippen LogP contribution in [0.5, 0.6) is 0 Å². The van der Waals surface area contributed by atoms with E-state index in [-0.39, 0.29) is 0 Å². The first-order valence-electron chi connectivity index (χ1n) is 7.01. The topological polar surface area (TPSA) is 75.3 Å². The van der Waals surface area contributed by atoms with Gasteiger partial charge in [0.05, 0.1) is 6.54 Å². The molecule has 5 nitrogen and oxygen atoms in total. The molecule has 2 N–H and O–H groups in total. The van der Waals surface area contributed by atoms with Crippen LogP contribution in [0.15, 0.2) is 41.3 Å². The summed E-state index contributed by atoms with van der Waals surface area (Å²) in [5, 5.41) is 2.51. The molecule has 0 unspecified atom stereocenters. The Morgan fingerprint density at radius 3 is 2.25 bits per heavy atom. The molecule has 2 aromatic carbocycles. The number of amides is 1. The number of carbonyl (C=O) groups is 1. The molecule has 0 aliphatic rings. The van der Waals surface area contributed by atoms with Crippen molar-refractivity contribution in [2.45, 2.75) is 18.7 Å². The van der Waals surface area contributed by atoms with E-state index in [0.717, 1.165) is 29.3 Å². The van der Waals surface area contributed by atoms with Gasteiger partial charge in [-0.15, -0.1) is 0 Å². The Bertz CT molecular complexity index is 863. The van der Waals surface area contributed by atoms with E-state index in [2.05, 4.69) is 5.32 Å². The summed E-state index contributed by atoms with van der Waals surface area (Å²) in [5.41, 5.74) is 2.50. The molecule has 0 radical (unpaired) electrons. The smallest absolute Gasteiger partial charge is 0.246 e. The van der Waals surface area contributed by atoms with Crippen molar-refractivity contribution in [1.82, 2.24) is 4.72 Å². The summed E-state index contributed by atoms with van der Waals surface area (Å²) in [6, 6.07) is 7.92. The minimum Gasteiger partial charge on any atom is -0.325 e. The molecule has 0 aliphatic carbocycles. The molecular formula is C16H16F2N2O3S. The first-order chi connectivity index (χ1) is 11.2. The fourth-order valence-corrected chi connectivity index (χ4v) is 3.11. The molecule has 0 aliphatic heterocycles. The van der Waals surface area contributed by atoms with Gasteiger partial charge in [-0.1, -0.05) is 12.1 Å². The highest BCUT2D eigenvalue weighted by Gasteiger charge is 2.24. The number of aryl methyl sites for hydroxylation is 2. The van der Waals surface area contributed by atoms with E-state index in [4.69, 9.17) is 0 Å². The lowest BCUT2D eigenvalue weighted by molar-refractivity contribution is -0.115. The molecule has 2 rings (SSSR count). The molecule has 0 saturated carbocycles. The van der Waals surface area contributed by atoms with Crippen molar-refractivity contribution in [3.8, 4) is 0 Å². The normalized spacial score (nSPS) is 11.3. The number of sulfonamides is 1. The van der Waals surface area contributed by atoms with Crippen LogP contribution in [-0.2, 0) is 14.8 Å². The fourth-order valence-electron chi connectivity index (χ4n) is 2.00. The van der Waals surface area contributed by atoms with Gasteiger partial charge in [-0.2, -0.15) is 0 Å². The zero-order valence-electron chi connectivity index (χ0n) is 13.1. The van der Waals surface area contributed by atoms with Gasteiger partial charge in [0.2, 0.25) is 15.9 Å². The van der Waals surface area contributed by atoms with Crippen LogP contribution < -0.4 is 10.0 Å². The van der Waals surface area contributed by atoms with Crippen molar-refractivity contribution >= 4 is 21.6 Å². The second-order valence-electron chi connectivity index (χ2n) is 5.22. The standard InChI is InChI=1S/C16H16F2N2O3S/c1-10-6-7-12(8-11(10)2)20-15(21)9-19-24(22,23)16-13(17)4-3-5-14(16)18/h3-8,19H,9H2,1-2H3,(H,20,21). The maximum atomic E-state index is 13.5. The largest absolute Gasteiger partial charge is 0.325 e. The molecule has 0 bridgehead atoms. The highest BCUT2D eigenvalue weighted by atomic mass is 32.2. The number of carbonyl (C=O) groups excluding carboxylic acids is 1. The number of nitrogens with one attached hydrogen (secondary N) is 2. The zero-order valence-corrected chi connectivity index (χ0v) is 13.9. The third kappa shape index (κ3) is 4.15. The molecule has 0 heterocycles. The van der Waals surface area contributed by atoms with Gasteiger partial charge in [0.25, 0.3) is 0 Å². The van der Waals surface area contributed by atoms with Crippen molar-refractivity contribution in [3.63, 3.8) is 0 Å². The first-order valence-corrected chi connectivity index (χ1v) is 8.50. The molecule has 24 heavy (non-hydrogen) atoms. The van der Waals surface area contributed by atoms with Crippen LogP contribution in [0.2, 0.25) is 0 Å². The van der Waals surface area contributed by atoms with Crippen LogP contribution in [0.3, 0.4) is 0 Å². The predicted octanol–water partition coefficient (Wildman–Crippen LogP) is 2.50. The Labute approximate surface area is 138 Å². The van der Waals surface area contributed by atoms with E-state index in [0.29, 0.717) is 5.69 Å². The van der Waals surface area contributed by atoms with Crippen molar-refractivity contribution in [2.75, 3.05) is 11.9 Å². The molecule has 0 fully saturated rings. The summed E-state index contributed by atoms with van der Waals surface area (Å²) >= 11 is 0. The molecule has 128 valence electrons. The SMILES string of the molecule is Cc1ccc(NC(=O)CNS(=O)(=O)c2c(F)cccc2F)cc1C. The zero-order chi connectivity index (χ0) is 17.9. The molecule has 8 heteroatoms. The second kappa shape index (κ2) is 7.06. The monoisotopic (exact) mass is 354 g/mol. The first kappa shape index (κ1) is 18.0. The number of hydrogen-bond acceptors (Lipinski definition) is 3. The van der Waals surface area contributed by atoms with Gasteiger partial charge in [0.15, 0.2) is 4.90 Å². The van der Waals surface area contributed by atoms with Gasteiger partial charge >= 0.3 is 0 Å². The Kier molecular flexibility index (Phi) is 5.30. The molecule has 0 saturated heterocycles. The Hall–Kier alpha value is -2.32. The van der Waals surface area contributed by atoms with Crippen LogP contribution in [0.4, 0.5) is 14.5 Å². The lowest BCUT2D eigenvalue weighted by atomic mass is 10.1. The van der Waals surface area contributed by atoms with E-state index in [1.807, 2.05) is 24.6 Å². The Morgan fingerprint density at radius 2 is 1.67 bits per heavy atom. The number of benzene rings is 2. The van der Waals surface area contributed by atoms with Crippen molar-refractivity contribution in [3.05, 3.63) is 59.2 Å². The quantitative estimate of drug-likeness (QED) is 0.866. The van der Waals surface area contributed by atoms with E-state index in [1.54, 1.807) is 12.1 Å². The average molecular weight is 354 g/mol. The van der Waals surface area contributed by atoms with Gasteiger partial charge in [0.1, 0.15) is 11.6 Å².